The molecular formula is C10H10Br2ClNO. The SMILES string of the molecule is Nc1c(Br)cc(C(=O)CCCCl)cc1Br. The van der Waals surface area contributed by atoms with Gasteiger partial charge in [-0.05, 0) is 50.4 Å². The molecule has 0 radical (unpaired) electrons. The van der Waals surface area contributed by atoms with Crippen LogP contribution < -0.4 is 5.73 Å². The Kier molecular flexibility index (Phi) is 5.09. The van der Waals surface area contributed by atoms with E-state index >= 15 is 0 Å². The van der Waals surface area contributed by atoms with Crippen molar-refractivity contribution in [2.24, 2.45) is 0 Å². The minimum Gasteiger partial charge on any atom is -0.397 e. The molecule has 0 heterocycles. The lowest BCUT2D eigenvalue weighted by atomic mass is 10.1. The van der Waals surface area contributed by atoms with Gasteiger partial charge in [0, 0.05) is 26.8 Å². The van der Waals surface area contributed by atoms with Crippen molar-refractivity contribution in [3.05, 3.63) is 26.6 Å². The number of carbonyl (C=O) groups is 1. The van der Waals surface area contributed by atoms with Crippen LogP contribution in [0, 0.1) is 0 Å². The number of rotatable bonds is 4. The topological polar surface area (TPSA) is 43.1 Å². The summed E-state index contributed by atoms with van der Waals surface area (Å²) in [6.45, 7) is 0. The molecule has 0 aliphatic rings. The molecule has 0 atom stereocenters. The van der Waals surface area contributed by atoms with Crippen molar-refractivity contribution in [1.82, 2.24) is 0 Å². The largest absolute Gasteiger partial charge is 0.397 e. The number of nitrogens with two attached hydrogens (primary N) is 1. The molecule has 0 unspecified atom stereocenters. The van der Waals surface area contributed by atoms with Crippen molar-refractivity contribution < 1.29 is 4.79 Å². The number of alkyl halides is 1. The van der Waals surface area contributed by atoms with E-state index in [1.54, 1.807) is 12.1 Å². The first-order valence-electron chi connectivity index (χ1n) is 4.40. The molecule has 15 heavy (non-hydrogen) atoms. The quantitative estimate of drug-likeness (QED) is 0.504. The van der Waals surface area contributed by atoms with Gasteiger partial charge in [-0.3, -0.25) is 4.79 Å². The van der Waals surface area contributed by atoms with E-state index in [1.165, 1.54) is 0 Å². The zero-order valence-electron chi connectivity index (χ0n) is 7.90. The average molecular weight is 355 g/mol. The van der Waals surface area contributed by atoms with Crippen LogP contribution in [0.15, 0.2) is 21.1 Å². The zero-order chi connectivity index (χ0) is 11.4. The molecular weight excluding hydrogens is 345 g/mol. The van der Waals surface area contributed by atoms with E-state index in [-0.39, 0.29) is 5.78 Å². The molecule has 0 amide bonds. The number of hydrogen-bond acceptors (Lipinski definition) is 2. The third kappa shape index (κ3) is 3.47. The van der Waals surface area contributed by atoms with Crippen LogP contribution in [0.1, 0.15) is 23.2 Å². The molecule has 0 aliphatic heterocycles. The van der Waals surface area contributed by atoms with Crippen molar-refractivity contribution in [2.75, 3.05) is 11.6 Å². The first-order chi connectivity index (χ1) is 7.06. The molecule has 0 saturated carbocycles. The molecule has 0 aromatic heterocycles. The van der Waals surface area contributed by atoms with Crippen LogP contribution in [0.4, 0.5) is 5.69 Å². The number of carbonyl (C=O) groups excluding carboxylic acids is 1. The van der Waals surface area contributed by atoms with E-state index < -0.39 is 0 Å². The Labute approximate surface area is 110 Å². The van der Waals surface area contributed by atoms with Crippen LogP contribution in [-0.2, 0) is 0 Å². The smallest absolute Gasteiger partial charge is 0.162 e. The predicted octanol–water partition coefficient (Wildman–Crippen LogP) is 4.00. The van der Waals surface area contributed by atoms with Gasteiger partial charge < -0.3 is 5.73 Å². The lowest BCUT2D eigenvalue weighted by molar-refractivity contribution is 0.0982. The van der Waals surface area contributed by atoms with Gasteiger partial charge in [-0.1, -0.05) is 0 Å². The van der Waals surface area contributed by atoms with E-state index in [4.69, 9.17) is 17.3 Å². The molecule has 2 nitrogen and oxygen atoms in total. The Morgan fingerprint density at radius 2 is 1.87 bits per heavy atom. The van der Waals surface area contributed by atoms with E-state index in [9.17, 15) is 4.79 Å². The van der Waals surface area contributed by atoms with Gasteiger partial charge in [-0.15, -0.1) is 11.6 Å². The van der Waals surface area contributed by atoms with Crippen molar-refractivity contribution >= 4 is 54.9 Å². The summed E-state index contributed by atoms with van der Waals surface area (Å²) in [7, 11) is 0. The highest BCUT2D eigenvalue weighted by molar-refractivity contribution is 9.11. The van der Waals surface area contributed by atoms with Crippen molar-refractivity contribution in [1.29, 1.82) is 0 Å². The number of Topliss-reactive ketones (excluding diaryl/α,β-unsaturated/α-hetero) is 1. The lowest BCUT2D eigenvalue weighted by Gasteiger charge is -2.05. The summed E-state index contributed by atoms with van der Waals surface area (Å²) in [5, 5.41) is 0. The van der Waals surface area contributed by atoms with Crippen molar-refractivity contribution in [2.45, 2.75) is 12.8 Å². The summed E-state index contributed by atoms with van der Waals surface area (Å²) in [6, 6.07) is 3.47. The molecule has 82 valence electrons. The second-order valence-electron chi connectivity index (χ2n) is 3.07. The van der Waals surface area contributed by atoms with Gasteiger partial charge in [0.1, 0.15) is 0 Å². The summed E-state index contributed by atoms with van der Waals surface area (Å²) < 4.78 is 1.46. The van der Waals surface area contributed by atoms with Crippen LogP contribution >= 0.6 is 43.5 Å². The maximum Gasteiger partial charge on any atom is 0.162 e. The molecule has 0 spiro atoms. The fourth-order valence-corrected chi connectivity index (χ4v) is 2.44. The molecule has 2 N–H and O–H groups in total. The number of anilines is 1. The van der Waals surface area contributed by atoms with Crippen LogP contribution in [0.2, 0.25) is 0 Å². The maximum absolute atomic E-state index is 11.7. The summed E-state index contributed by atoms with van der Waals surface area (Å²) >= 11 is 12.1. The molecule has 0 saturated heterocycles. The second kappa shape index (κ2) is 5.87. The number of ketones is 1. The molecule has 1 aromatic carbocycles. The highest BCUT2D eigenvalue weighted by Gasteiger charge is 2.10. The van der Waals surface area contributed by atoms with Crippen LogP contribution in [0.25, 0.3) is 0 Å². The Bertz CT molecular complexity index is 359. The van der Waals surface area contributed by atoms with Gasteiger partial charge >= 0.3 is 0 Å². The van der Waals surface area contributed by atoms with E-state index in [2.05, 4.69) is 31.9 Å². The number of hydrogen-bond donors (Lipinski definition) is 1. The van der Waals surface area contributed by atoms with Crippen LogP contribution in [0.5, 0.6) is 0 Å². The second-order valence-corrected chi connectivity index (χ2v) is 5.16. The molecule has 5 heteroatoms. The Balaban J connectivity index is 2.91. The average Bonchev–Trinajstić information content (AvgIpc) is 2.21. The number of halogens is 3. The summed E-state index contributed by atoms with van der Waals surface area (Å²) in [6.07, 6.45) is 1.16. The van der Waals surface area contributed by atoms with Crippen molar-refractivity contribution in [3.8, 4) is 0 Å². The first kappa shape index (κ1) is 13.0. The summed E-state index contributed by atoms with van der Waals surface area (Å²) in [5.41, 5.74) is 6.97. The summed E-state index contributed by atoms with van der Waals surface area (Å²) in [5.74, 6) is 0.584. The highest BCUT2D eigenvalue weighted by atomic mass is 79.9. The number of nitrogen functional groups attached to an aromatic ring is 1. The normalized spacial score (nSPS) is 10.3. The Morgan fingerprint density at radius 1 is 1.33 bits per heavy atom. The van der Waals surface area contributed by atoms with Gasteiger partial charge in [0.15, 0.2) is 5.78 Å². The standard InChI is InChI=1S/C10H10Br2ClNO/c11-7-4-6(5-8(12)10(7)14)9(15)2-1-3-13/h4-5H,1-3,14H2. The minimum atomic E-state index is 0.0806. The minimum absolute atomic E-state index is 0.0806. The van der Waals surface area contributed by atoms with E-state index in [0.29, 0.717) is 30.0 Å². The zero-order valence-corrected chi connectivity index (χ0v) is 11.8. The third-order valence-electron chi connectivity index (χ3n) is 1.94. The molecule has 0 bridgehead atoms. The Hall–Kier alpha value is -0.0600. The fraction of sp³-hybridized carbons (Fsp3) is 0.300. The van der Waals surface area contributed by atoms with Gasteiger partial charge in [0.2, 0.25) is 0 Å². The monoisotopic (exact) mass is 353 g/mol. The fourth-order valence-electron chi connectivity index (χ4n) is 1.12. The van der Waals surface area contributed by atoms with Gasteiger partial charge in [-0.2, -0.15) is 0 Å². The third-order valence-corrected chi connectivity index (χ3v) is 3.52. The van der Waals surface area contributed by atoms with E-state index in [1.807, 2.05) is 0 Å². The molecule has 0 fully saturated rings. The van der Waals surface area contributed by atoms with Crippen LogP contribution in [0.3, 0.4) is 0 Å². The van der Waals surface area contributed by atoms with Crippen LogP contribution in [-0.4, -0.2) is 11.7 Å². The van der Waals surface area contributed by atoms with Gasteiger partial charge in [0.25, 0.3) is 0 Å². The lowest BCUT2D eigenvalue weighted by Crippen LogP contribution is -2.01. The first-order valence-corrected chi connectivity index (χ1v) is 6.52. The molecule has 1 aromatic rings. The van der Waals surface area contributed by atoms with Crippen molar-refractivity contribution in [3.63, 3.8) is 0 Å². The Morgan fingerprint density at radius 3 is 2.33 bits per heavy atom. The maximum atomic E-state index is 11.7. The number of benzene rings is 1. The van der Waals surface area contributed by atoms with Gasteiger partial charge in [0.05, 0.1) is 5.69 Å². The predicted molar refractivity (Wildman–Crippen MR) is 70.5 cm³/mol. The van der Waals surface area contributed by atoms with E-state index in [0.717, 1.165) is 8.95 Å². The highest BCUT2D eigenvalue weighted by Crippen LogP contribution is 2.30. The summed E-state index contributed by atoms with van der Waals surface area (Å²) in [4.78, 5) is 11.7. The molecule has 1 rings (SSSR count). The molecule has 0 aliphatic carbocycles. The van der Waals surface area contributed by atoms with Gasteiger partial charge in [-0.25, -0.2) is 0 Å².